The normalized spacial score (nSPS) is 13.4. The average Bonchev–Trinajstić information content (AvgIpc) is 2.96. The van der Waals surface area contributed by atoms with E-state index in [2.05, 4.69) is 48.6 Å². The first kappa shape index (κ1) is 28.1. The van der Waals surface area contributed by atoms with Gasteiger partial charge in [0.05, 0.1) is 13.7 Å². The van der Waals surface area contributed by atoms with E-state index in [1.807, 2.05) is 36.4 Å². The molecule has 4 rings (SSSR count). The molecule has 4 aromatic rings. The van der Waals surface area contributed by atoms with Crippen LogP contribution in [0.5, 0.6) is 5.75 Å². The molecule has 6 nitrogen and oxygen atoms in total. The molecule has 3 N–H and O–H groups in total. The maximum atomic E-state index is 12.5. The Morgan fingerprint density at radius 2 is 1.49 bits per heavy atom. The van der Waals surface area contributed by atoms with Gasteiger partial charge in [-0.05, 0) is 76.2 Å². The van der Waals surface area contributed by atoms with E-state index >= 15 is 0 Å². The number of hydrogen-bond acceptors (Lipinski definition) is 4. The van der Waals surface area contributed by atoms with Gasteiger partial charge < -0.3 is 20.3 Å². The Balaban J connectivity index is 1.70. The second-order valence-electron chi connectivity index (χ2n) is 9.58. The van der Waals surface area contributed by atoms with E-state index in [1.54, 1.807) is 19.2 Å². The van der Waals surface area contributed by atoms with Crippen LogP contribution in [0.2, 0.25) is 5.02 Å². The number of aliphatic carboxylic acids is 1. The van der Waals surface area contributed by atoms with Gasteiger partial charge in [-0.2, -0.15) is 0 Å². The molecule has 1 amide bonds. The van der Waals surface area contributed by atoms with Crippen molar-refractivity contribution in [3.8, 4) is 5.75 Å². The van der Waals surface area contributed by atoms with Gasteiger partial charge in [-0.15, -0.1) is 0 Å². The number of carboxylic acid groups (broad SMARTS) is 1. The number of ether oxygens (including phenoxy) is 1. The van der Waals surface area contributed by atoms with Gasteiger partial charge in [0.1, 0.15) is 5.75 Å². The molecule has 39 heavy (non-hydrogen) atoms. The van der Waals surface area contributed by atoms with Gasteiger partial charge in [-0.1, -0.05) is 73.5 Å². The van der Waals surface area contributed by atoms with Crippen molar-refractivity contribution < 1.29 is 24.5 Å². The number of hydrogen-bond donors (Lipinski definition) is 3. The van der Waals surface area contributed by atoms with E-state index in [0.717, 1.165) is 40.5 Å². The number of carbonyl (C=O) groups is 2. The van der Waals surface area contributed by atoms with E-state index in [1.165, 1.54) is 5.56 Å². The first-order valence-electron chi connectivity index (χ1n) is 12.9. The van der Waals surface area contributed by atoms with Crippen molar-refractivity contribution in [3.63, 3.8) is 0 Å². The Morgan fingerprint density at radius 3 is 2.13 bits per heavy atom. The summed E-state index contributed by atoms with van der Waals surface area (Å²) in [5.41, 5.74) is 3.82. The second kappa shape index (κ2) is 12.8. The van der Waals surface area contributed by atoms with E-state index in [-0.39, 0.29) is 18.4 Å². The van der Waals surface area contributed by atoms with Crippen LogP contribution in [-0.2, 0) is 4.79 Å². The monoisotopic (exact) mass is 545 g/mol. The van der Waals surface area contributed by atoms with Crippen molar-refractivity contribution in [2.45, 2.75) is 37.7 Å². The van der Waals surface area contributed by atoms with Crippen molar-refractivity contribution >= 4 is 34.2 Å². The third-order valence-corrected chi connectivity index (χ3v) is 7.26. The zero-order valence-corrected chi connectivity index (χ0v) is 22.7. The highest BCUT2D eigenvalue weighted by Crippen LogP contribution is 2.42. The molecule has 0 heterocycles. The number of nitrogens with one attached hydrogen (secondary N) is 1. The molecule has 0 spiro atoms. The summed E-state index contributed by atoms with van der Waals surface area (Å²) in [5, 5.41) is 23.7. The lowest BCUT2D eigenvalue weighted by Crippen LogP contribution is -2.36. The maximum Gasteiger partial charge on any atom is 0.334 e. The number of amides is 1. The van der Waals surface area contributed by atoms with Gasteiger partial charge in [0.2, 0.25) is 0 Å². The Hall–Kier alpha value is -3.87. The third kappa shape index (κ3) is 6.77. The fraction of sp³-hybridized carbons (Fsp3) is 0.250. The van der Waals surface area contributed by atoms with Crippen LogP contribution in [-0.4, -0.2) is 41.8 Å². The van der Waals surface area contributed by atoms with Crippen molar-refractivity contribution in [2.75, 3.05) is 13.7 Å². The van der Waals surface area contributed by atoms with Crippen LogP contribution in [0.15, 0.2) is 84.9 Å². The standard InChI is InChI=1S/C32H32ClNO5/c1-3-4-28(20-5-7-22(8-6-20)31(36)34-19-29(35)32(37)38)30(21-11-14-26(33)15-12-21)25-10-9-24-18-27(39-2)16-13-23(24)17-25/h5-18,28-30,35H,3-4,19H2,1-2H3,(H,34,36)(H,37,38)/t28-,29+,30?/m1/s1. The van der Waals surface area contributed by atoms with E-state index in [0.29, 0.717) is 10.6 Å². The highest BCUT2D eigenvalue weighted by molar-refractivity contribution is 6.30. The minimum absolute atomic E-state index is 0.0408. The largest absolute Gasteiger partial charge is 0.497 e. The average molecular weight is 546 g/mol. The van der Waals surface area contributed by atoms with Gasteiger partial charge in [-0.3, -0.25) is 4.79 Å². The summed E-state index contributed by atoms with van der Waals surface area (Å²) in [7, 11) is 1.66. The molecule has 7 heteroatoms. The number of benzene rings is 4. The number of rotatable bonds is 11. The number of carboxylic acids is 1. The predicted molar refractivity (Wildman–Crippen MR) is 154 cm³/mol. The molecular formula is C32H32ClNO5. The van der Waals surface area contributed by atoms with Crippen LogP contribution in [0.25, 0.3) is 10.8 Å². The number of methoxy groups -OCH3 is 1. The molecule has 0 aliphatic rings. The molecule has 0 aliphatic heterocycles. The predicted octanol–water partition coefficient (Wildman–Crippen LogP) is 6.39. The number of aliphatic hydroxyl groups excluding tert-OH is 1. The molecule has 0 radical (unpaired) electrons. The van der Waals surface area contributed by atoms with E-state index in [9.17, 15) is 14.7 Å². The highest BCUT2D eigenvalue weighted by atomic mass is 35.5. The molecule has 0 aliphatic carbocycles. The van der Waals surface area contributed by atoms with Gasteiger partial charge in [-0.25, -0.2) is 4.79 Å². The zero-order valence-electron chi connectivity index (χ0n) is 21.9. The molecule has 0 saturated heterocycles. The van der Waals surface area contributed by atoms with Gasteiger partial charge in [0.15, 0.2) is 6.10 Å². The summed E-state index contributed by atoms with van der Waals surface area (Å²) < 4.78 is 5.39. The van der Waals surface area contributed by atoms with E-state index in [4.69, 9.17) is 21.4 Å². The smallest absolute Gasteiger partial charge is 0.334 e. The number of carbonyl (C=O) groups excluding carboxylic acids is 1. The lowest BCUT2D eigenvalue weighted by molar-refractivity contribution is -0.146. The van der Waals surface area contributed by atoms with Crippen molar-refractivity contribution in [2.24, 2.45) is 0 Å². The Morgan fingerprint density at radius 1 is 0.872 bits per heavy atom. The minimum atomic E-state index is -1.65. The fourth-order valence-corrected chi connectivity index (χ4v) is 5.11. The number of aliphatic hydroxyl groups is 1. The molecule has 0 fully saturated rings. The summed E-state index contributed by atoms with van der Waals surface area (Å²) in [6, 6.07) is 27.9. The van der Waals surface area contributed by atoms with Gasteiger partial charge >= 0.3 is 5.97 Å². The van der Waals surface area contributed by atoms with Crippen LogP contribution in [0.1, 0.15) is 58.6 Å². The molecule has 202 valence electrons. The van der Waals surface area contributed by atoms with Crippen LogP contribution in [0.3, 0.4) is 0 Å². The van der Waals surface area contributed by atoms with Gasteiger partial charge in [0, 0.05) is 16.5 Å². The van der Waals surface area contributed by atoms with Crippen molar-refractivity contribution in [3.05, 3.63) is 112 Å². The Labute approximate surface area is 233 Å². The van der Waals surface area contributed by atoms with Crippen LogP contribution in [0.4, 0.5) is 0 Å². The summed E-state index contributed by atoms with van der Waals surface area (Å²) in [6.45, 7) is 1.80. The molecule has 4 aromatic carbocycles. The molecular weight excluding hydrogens is 514 g/mol. The first-order valence-corrected chi connectivity index (χ1v) is 13.3. The lowest BCUT2D eigenvalue weighted by atomic mass is 9.74. The van der Waals surface area contributed by atoms with Crippen LogP contribution < -0.4 is 10.1 Å². The molecule has 0 saturated carbocycles. The molecule has 3 atom stereocenters. The minimum Gasteiger partial charge on any atom is -0.497 e. The van der Waals surface area contributed by atoms with Crippen LogP contribution >= 0.6 is 11.6 Å². The summed E-state index contributed by atoms with van der Waals surface area (Å²) in [6.07, 6.45) is 0.240. The lowest BCUT2D eigenvalue weighted by Gasteiger charge is -2.29. The van der Waals surface area contributed by atoms with Crippen molar-refractivity contribution in [1.82, 2.24) is 5.32 Å². The van der Waals surface area contributed by atoms with Gasteiger partial charge in [0.25, 0.3) is 5.91 Å². The molecule has 1 unspecified atom stereocenters. The number of halogens is 1. The fourth-order valence-electron chi connectivity index (χ4n) is 4.99. The van der Waals surface area contributed by atoms with E-state index < -0.39 is 18.0 Å². The van der Waals surface area contributed by atoms with Crippen LogP contribution in [0, 0.1) is 0 Å². The summed E-state index contributed by atoms with van der Waals surface area (Å²) >= 11 is 6.24. The topological polar surface area (TPSA) is 95.9 Å². The first-order chi connectivity index (χ1) is 18.8. The molecule has 0 aromatic heterocycles. The Kier molecular flexibility index (Phi) is 9.23. The summed E-state index contributed by atoms with van der Waals surface area (Å²) in [5.74, 6) is -0.839. The van der Waals surface area contributed by atoms with Crippen molar-refractivity contribution in [1.29, 1.82) is 0 Å². The highest BCUT2D eigenvalue weighted by Gasteiger charge is 2.27. The summed E-state index contributed by atoms with van der Waals surface area (Å²) in [4.78, 5) is 23.4. The zero-order chi connectivity index (χ0) is 27.9. The second-order valence-corrected chi connectivity index (χ2v) is 10.0. The third-order valence-electron chi connectivity index (χ3n) is 7.00. The quantitative estimate of drug-likeness (QED) is 0.203. The maximum absolute atomic E-state index is 12.5. The molecule has 0 bridgehead atoms. The SMILES string of the molecule is CCC[C@H](c1ccc(C(=O)NC[C@H](O)C(=O)O)cc1)C(c1ccc(Cl)cc1)c1ccc2cc(OC)ccc2c1. The Bertz CT molecular complexity index is 1440. The number of fused-ring (bicyclic) bond motifs is 1.